The van der Waals surface area contributed by atoms with Crippen molar-refractivity contribution in [3.05, 3.63) is 35.9 Å². The molecule has 2 heterocycles. The van der Waals surface area contributed by atoms with Crippen molar-refractivity contribution in [3.8, 4) is 0 Å². The summed E-state index contributed by atoms with van der Waals surface area (Å²) >= 11 is 0. The number of benzene rings is 1. The number of nitrogens with zero attached hydrogens (tertiary/aromatic N) is 4. The molecule has 12 heteroatoms. The van der Waals surface area contributed by atoms with Gasteiger partial charge in [0.25, 0.3) is 5.91 Å². The highest BCUT2D eigenvalue weighted by atomic mass is 16.5. The number of aromatic nitrogens is 3. The lowest BCUT2D eigenvalue weighted by Crippen LogP contribution is -2.37. The molecule has 0 radical (unpaired) electrons. The standard InChI is InChI=1S/C26H42N8O4/c27-10-6-1-2-7-11-29-24-31-25(33-26(32-24)34-14-18-38-19-15-34)30-13-17-37-21-20-36-16-12-28-23(35)22-8-4-3-5-9-22/h3-5,8-9H,1-2,6-7,10-21,27H2,(H,28,35)(H2,29,30,31,32,33). The summed E-state index contributed by atoms with van der Waals surface area (Å²) in [7, 11) is 0. The van der Waals surface area contributed by atoms with Crippen LogP contribution in [0.5, 0.6) is 0 Å². The first-order valence-corrected chi connectivity index (χ1v) is 13.5. The predicted molar refractivity (Wildman–Crippen MR) is 148 cm³/mol. The Bertz CT molecular complexity index is 915. The minimum atomic E-state index is -0.104. The molecule has 1 saturated heterocycles. The van der Waals surface area contributed by atoms with Gasteiger partial charge < -0.3 is 40.8 Å². The number of amides is 1. The van der Waals surface area contributed by atoms with Crippen LogP contribution in [0.3, 0.4) is 0 Å². The van der Waals surface area contributed by atoms with Crippen molar-refractivity contribution in [3.63, 3.8) is 0 Å². The second-order valence-electron chi connectivity index (χ2n) is 8.79. The number of hydrogen-bond acceptors (Lipinski definition) is 11. The third kappa shape index (κ3) is 11.5. The quantitative estimate of drug-likeness (QED) is 0.196. The molecule has 1 aromatic carbocycles. The van der Waals surface area contributed by atoms with Crippen LogP contribution in [0.2, 0.25) is 0 Å². The van der Waals surface area contributed by atoms with E-state index in [2.05, 4.69) is 35.8 Å². The fourth-order valence-corrected chi connectivity index (χ4v) is 3.74. The van der Waals surface area contributed by atoms with Crippen molar-refractivity contribution in [1.82, 2.24) is 20.3 Å². The number of hydrogen-bond donors (Lipinski definition) is 4. The number of anilines is 3. The molecule has 5 N–H and O–H groups in total. The molecule has 1 aromatic heterocycles. The lowest BCUT2D eigenvalue weighted by atomic mass is 10.2. The van der Waals surface area contributed by atoms with Gasteiger partial charge in [-0.15, -0.1) is 0 Å². The van der Waals surface area contributed by atoms with Gasteiger partial charge in [0, 0.05) is 38.3 Å². The van der Waals surface area contributed by atoms with Crippen LogP contribution in [-0.2, 0) is 14.2 Å². The van der Waals surface area contributed by atoms with Crippen molar-refractivity contribution in [2.75, 3.05) is 94.4 Å². The zero-order valence-corrected chi connectivity index (χ0v) is 22.2. The van der Waals surface area contributed by atoms with Crippen LogP contribution in [0.25, 0.3) is 0 Å². The number of nitrogens with one attached hydrogen (secondary N) is 3. The van der Waals surface area contributed by atoms with Crippen molar-refractivity contribution in [2.45, 2.75) is 25.7 Å². The Labute approximate surface area is 225 Å². The highest BCUT2D eigenvalue weighted by Crippen LogP contribution is 2.15. The van der Waals surface area contributed by atoms with Crippen LogP contribution >= 0.6 is 0 Å². The smallest absolute Gasteiger partial charge is 0.251 e. The molecule has 210 valence electrons. The number of rotatable bonds is 19. The van der Waals surface area contributed by atoms with Crippen LogP contribution in [0.4, 0.5) is 17.8 Å². The van der Waals surface area contributed by atoms with Gasteiger partial charge in [0.15, 0.2) is 0 Å². The molecule has 1 aliphatic heterocycles. The lowest BCUT2D eigenvalue weighted by molar-refractivity contribution is 0.0519. The minimum Gasteiger partial charge on any atom is -0.378 e. The maximum atomic E-state index is 12.0. The Kier molecular flexibility index (Phi) is 14.2. The summed E-state index contributed by atoms with van der Waals surface area (Å²) in [4.78, 5) is 27.8. The third-order valence-corrected chi connectivity index (χ3v) is 5.80. The zero-order chi connectivity index (χ0) is 26.7. The van der Waals surface area contributed by atoms with E-state index in [1.54, 1.807) is 12.1 Å². The summed E-state index contributed by atoms with van der Waals surface area (Å²) in [6.07, 6.45) is 4.36. The molecule has 0 aliphatic carbocycles. The van der Waals surface area contributed by atoms with E-state index >= 15 is 0 Å². The van der Waals surface area contributed by atoms with E-state index in [0.717, 1.165) is 51.9 Å². The van der Waals surface area contributed by atoms with Gasteiger partial charge >= 0.3 is 0 Å². The molecule has 0 atom stereocenters. The SMILES string of the molecule is NCCCCCCNc1nc(NCCOCCOCCNC(=O)c2ccccc2)nc(N2CCOCC2)n1. The Balaban J connectivity index is 1.31. The van der Waals surface area contributed by atoms with Crippen LogP contribution < -0.4 is 26.6 Å². The fourth-order valence-electron chi connectivity index (χ4n) is 3.74. The summed E-state index contributed by atoms with van der Waals surface area (Å²) in [5.74, 6) is 1.62. The Morgan fingerprint density at radius 1 is 0.842 bits per heavy atom. The predicted octanol–water partition coefficient (Wildman–Crippen LogP) is 1.51. The molecule has 12 nitrogen and oxygen atoms in total. The zero-order valence-electron chi connectivity index (χ0n) is 22.2. The van der Waals surface area contributed by atoms with Gasteiger partial charge in [-0.1, -0.05) is 31.0 Å². The highest BCUT2D eigenvalue weighted by molar-refractivity contribution is 5.94. The number of carbonyl (C=O) groups excluding carboxylic acids is 1. The van der Waals surface area contributed by atoms with Gasteiger partial charge in [0.1, 0.15) is 0 Å². The first-order valence-electron chi connectivity index (χ1n) is 13.5. The van der Waals surface area contributed by atoms with E-state index in [-0.39, 0.29) is 5.91 Å². The number of morpholine rings is 1. The minimum absolute atomic E-state index is 0.104. The molecule has 2 aromatic rings. The third-order valence-electron chi connectivity index (χ3n) is 5.80. The van der Waals surface area contributed by atoms with E-state index in [1.807, 2.05) is 18.2 Å². The second kappa shape index (κ2) is 18.2. The van der Waals surface area contributed by atoms with E-state index in [1.165, 1.54) is 0 Å². The highest BCUT2D eigenvalue weighted by Gasteiger charge is 2.16. The average molecular weight is 531 g/mol. The largest absolute Gasteiger partial charge is 0.378 e. The van der Waals surface area contributed by atoms with Gasteiger partial charge in [0.2, 0.25) is 17.8 Å². The average Bonchev–Trinajstić information content (AvgIpc) is 2.96. The van der Waals surface area contributed by atoms with Crippen LogP contribution in [-0.4, -0.2) is 99.8 Å². The molecule has 0 spiro atoms. The van der Waals surface area contributed by atoms with Gasteiger partial charge in [-0.25, -0.2) is 0 Å². The van der Waals surface area contributed by atoms with Crippen molar-refractivity contribution in [1.29, 1.82) is 0 Å². The van der Waals surface area contributed by atoms with E-state index in [9.17, 15) is 4.79 Å². The molecule has 38 heavy (non-hydrogen) atoms. The maximum Gasteiger partial charge on any atom is 0.251 e. The van der Waals surface area contributed by atoms with Crippen molar-refractivity contribution in [2.24, 2.45) is 5.73 Å². The maximum absolute atomic E-state index is 12.0. The van der Waals surface area contributed by atoms with Crippen LogP contribution in [0.1, 0.15) is 36.0 Å². The summed E-state index contributed by atoms with van der Waals surface area (Å²) in [5.41, 5.74) is 6.20. The van der Waals surface area contributed by atoms with Crippen LogP contribution in [0.15, 0.2) is 30.3 Å². The molecule has 1 amide bonds. The summed E-state index contributed by atoms with van der Waals surface area (Å²) in [6.45, 7) is 7.19. The second-order valence-corrected chi connectivity index (χ2v) is 8.79. The van der Waals surface area contributed by atoms with E-state index in [0.29, 0.717) is 76.1 Å². The topological polar surface area (TPSA) is 149 Å². The normalized spacial score (nSPS) is 13.3. The lowest BCUT2D eigenvalue weighted by Gasteiger charge is -2.27. The van der Waals surface area contributed by atoms with E-state index in [4.69, 9.17) is 19.9 Å². The molecule has 0 bridgehead atoms. The molecular weight excluding hydrogens is 488 g/mol. The Hall–Kier alpha value is -3.06. The first kappa shape index (κ1) is 29.5. The first-order chi connectivity index (χ1) is 18.8. The van der Waals surface area contributed by atoms with Gasteiger partial charge in [-0.2, -0.15) is 15.0 Å². The number of unbranched alkanes of at least 4 members (excludes halogenated alkanes) is 3. The monoisotopic (exact) mass is 530 g/mol. The molecule has 3 rings (SSSR count). The molecule has 0 saturated carbocycles. The van der Waals surface area contributed by atoms with Gasteiger partial charge in [-0.05, 0) is 31.5 Å². The van der Waals surface area contributed by atoms with Crippen molar-refractivity contribution >= 4 is 23.8 Å². The Morgan fingerprint density at radius 2 is 1.50 bits per heavy atom. The Morgan fingerprint density at radius 3 is 2.21 bits per heavy atom. The van der Waals surface area contributed by atoms with Crippen molar-refractivity contribution < 1.29 is 19.0 Å². The summed E-state index contributed by atoms with van der Waals surface area (Å²) in [5, 5.41) is 9.39. The molecule has 1 fully saturated rings. The molecule has 0 unspecified atom stereocenters. The summed E-state index contributed by atoms with van der Waals surface area (Å²) < 4.78 is 16.6. The molecule has 1 aliphatic rings. The van der Waals surface area contributed by atoms with Gasteiger partial charge in [-0.3, -0.25) is 4.79 Å². The fraction of sp³-hybridized carbons (Fsp3) is 0.615. The number of nitrogens with two attached hydrogens (primary N) is 1. The van der Waals surface area contributed by atoms with E-state index < -0.39 is 0 Å². The van der Waals surface area contributed by atoms with Gasteiger partial charge in [0.05, 0.1) is 39.6 Å². The molecular formula is C26H42N8O4. The number of ether oxygens (including phenoxy) is 3. The number of carbonyl (C=O) groups is 1. The van der Waals surface area contributed by atoms with Crippen LogP contribution in [0, 0.1) is 0 Å². The summed E-state index contributed by atoms with van der Waals surface area (Å²) in [6, 6.07) is 9.11.